The minimum atomic E-state index is 0.668. The normalized spacial score (nSPS) is 20.7. The fourth-order valence-electron chi connectivity index (χ4n) is 3.34. The molecule has 7 heteroatoms. The van der Waals surface area contributed by atoms with Gasteiger partial charge in [0.05, 0.1) is 5.69 Å². The van der Waals surface area contributed by atoms with Crippen LogP contribution in [0.2, 0.25) is 0 Å². The van der Waals surface area contributed by atoms with Gasteiger partial charge in [-0.3, -0.25) is 9.80 Å². The highest BCUT2D eigenvalue weighted by Gasteiger charge is 2.34. The van der Waals surface area contributed by atoms with Crippen LogP contribution in [0.1, 0.15) is 11.5 Å². The Morgan fingerprint density at radius 2 is 1.83 bits per heavy atom. The summed E-state index contributed by atoms with van der Waals surface area (Å²) < 4.78 is 5.27. The predicted octanol–water partition coefficient (Wildman–Crippen LogP) is 0.779. The number of nitrogens with zero attached hydrogens (tertiary/aromatic N) is 6. The van der Waals surface area contributed by atoms with E-state index in [9.17, 15) is 0 Å². The number of hydrogen-bond acceptors (Lipinski definition) is 7. The molecule has 2 fully saturated rings. The SMILES string of the molecule is Cc1ocnc1CN1CC(N2CCN(c3ncccn3)CC2)C1. The number of likely N-dealkylation sites (tertiary alicyclic amines) is 1. The molecule has 0 saturated carbocycles. The average Bonchev–Trinajstić information content (AvgIpc) is 2.97. The summed E-state index contributed by atoms with van der Waals surface area (Å²) in [6, 6.07) is 2.53. The van der Waals surface area contributed by atoms with E-state index in [4.69, 9.17) is 4.42 Å². The molecule has 2 aliphatic heterocycles. The Morgan fingerprint density at radius 3 is 2.48 bits per heavy atom. The molecule has 4 rings (SSSR count). The smallest absolute Gasteiger partial charge is 0.225 e. The fraction of sp³-hybridized carbons (Fsp3) is 0.562. The summed E-state index contributed by atoms with van der Waals surface area (Å²) in [6.45, 7) is 9.29. The van der Waals surface area contributed by atoms with Gasteiger partial charge in [-0.2, -0.15) is 0 Å². The van der Waals surface area contributed by atoms with Gasteiger partial charge in [0, 0.05) is 64.2 Å². The first-order valence-corrected chi connectivity index (χ1v) is 8.17. The van der Waals surface area contributed by atoms with Gasteiger partial charge >= 0.3 is 0 Å². The van der Waals surface area contributed by atoms with E-state index in [1.165, 1.54) is 6.39 Å². The number of rotatable bonds is 4. The van der Waals surface area contributed by atoms with Crippen LogP contribution in [0.3, 0.4) is 0 Å². The third-order valence-electron chi connectivity index (χ3n) is 4.82. The topological polar surface area (TPSA) is 61.5 Å². The third-order valence-corrected chi connectivity index (χ3v) is 4.82. The van der Waals surface area contributed by atoms with Crippen molar-refractivity contribution in [2.24, 2.45) is 0 Å². The largest absolute Gasteiger partial charge is 0.448 e. The van der Waals surface area contributed by atoms with E-state index in [0.29, 0.717) is 6.04 Å². The molecule has 7 nitrogen and oxygen atoms in total. The fourth-order valence-corrected chi connectivity index (χ4v) is 3.34. The lowest BCUT2D eigenvalue weighted by atomic mass is 10.1. The van der Waals surface area contributed by atoms with E-state index in [1.807, 2.05) is 25.4 Å². The monoisotopic (exact) mass is 314 g/mol. The van der Waals surface area contributed by atoms with E-state index in [-0.39, 0.29) is 0 Å². The first-order valence-electron chi connectivity index (χ1n) is 8.17. The highest BCUT2D eigenvalue weighted by Crippen LogP contribution is 2.21. The molecule has 0 N–H and O–H groups in total. The van der Waals surface area contributed by atoms with Gasteiger partial charge in [-0.25, -0.2) is 15.0 Å². The molecule has 0 unspecified atom stereocenters. The molecular formula is C16H22N6O. The van der Waals surface area contributed by atoms with E-state index >= 15 is 0 Å². The Bertz CT molecular complexity index is 631. The first kappa shape index (κ1) is 14.6. The van der Waals surface area contributed by atoms with Gasteiger partial charge < -0.3 is 9.32 Å². The average molecular weight is 314 g/mol. The lowest BCUT2D eigenvalue weighted by molar-refractivity contribution is 0.0246. The van der Waals surface area contributed by atoms with E-state index in [2.05, 4.69) is 29.7 Å². The summed E-state index contributed by atoms with van der Waals surface area (Å²) in [4.78, 5) is 20.2. The van der Waals surface area contributed by atoms with Gasteiger partial charge in [-0.1, -0.05) is 0 Å². The van der Waals surface area contributed by atoms with E-state index in [1.54, 1.807) is 0 Å². The molecule has 0 amide bonds. The van der Waals surface area contributed by atoms with Gasteiger partial charge in [0.1, 0.15) is 5.76 Å². The van der Waals surface area contributed by atoms with Crippen molar-refractivity contribution in [3.05, 3.63) is 36.3 Å². The molecule has 2 aromatic heterocycles. The van der Waals surface area contributed by atoms with Crippen molar-refractivity contribution in [1.82, 2.24) is 24.8 Å². The number of aryl methyl sites for hydroxylation is 1. The van der Waals surface area contributed by atoms with Crippen molar-refractivity contribution in [3.63, 3.8) is 0 Å². The number of aromatic nitrogens is 3. The van der Waals surface area contributed by atoms with Crippen molar-refractivity contribution >= 4 is 5.95 Å². The van der Waals surface area contributed by atoms with Crippen LogP contribution >= 0.6 is 0 Å². The van der Waals surface area contributed by atoms with Crippen LogP contribution in [-0.4, -0.2) is 70.1 Å². The molecule has 0 atom stereocenters. The molecule has 0 spiro atoms. The molecule has 0 aromatic carbocycles. The molecule has 2 saturated heterocycles. The maximum Gasteiger partial charge on any atom is 0.225 e. The van der Waals surface area contributed by atoms with Gasteiger partial charge in [0.25, 0.3) is 0 Å². The number of oxazole rings is 1. The minimum absolute atomic E-state index is 0.668. The zero-order valence-electron chi connectivity index (χ0n) is 13.4. The summed E-state index contributed by atoms with van der Waals surface area (Å²) in [5.74, 6) is 1.79. The zero-order chi connectivity index (χ0) is 15.6. The van der Waals surface area contributed by atoms with E-state index in [0.717, 1.165) is 63.2 Å². The van der Waals surface area contributed by atoms with Gasteiger partial charge in [0.15, 0.2) is 6.39 Å². The molecule has 2 aliphatic rings. The second-order valence-corrected chi connectivity index (χ2v) is 6.27. The predicted molar refractivity (Wildman–Crippen MR) is 86.1 cm³/mol. The summed E-state index contributed by atoms with van der Waals surface area (Å²) in [5.41, 5.74) is 1.06. The molecule has 4 heterocycles. The lowest BCUT2D eigenvalue weighted by Gasteiger charge is -2.48. The minimum Gasteiger partial charge on any atom is -0.448 e. The Morgan fingerprint density at radius 1 is 1.09 bits per heavy atom. The molecule has 0 radical (unpaired) electrons. The second kappa shape index (κ2) is 6.25. The highest BCUT2D eigenvalue weighted by atomic mass is 16.3. The maximum atomic E-state index is 5.27. The van der Waals surface area contributed by atoms with Crippen LogP contribution in [0.5, 0.6) is 0 Å². The van der Waals surface area contributed by atoms with Gasteiger partial charge in [-0.05, 0) is 13.0 Å². The van der Waals surface area contributed by atoms with Crippen LogP contribution in [0.25, 0.3) is 0 Å². The molecule has 2 aromatic rings. The van der Waals surface area contributed by atoms with Crippen molar-refractivity contribution in [1.29, 1.82) is 0 Å². The zero-order valence-corrected chi connectivity index (χ0v) is 13.4. The number of anilines is 1. The summed E-state index contributed by atoms with van der Waals surface area (Å²) in [7, 11) is 0. The van der Waals surface area contributed by atoms with Crippen LogP contribution < -0.4 is 4.90 Å². The molecule has 23 heavy (non-hydrogen) atoms. The Hall–Kier alpha value is -1.99. The summed E-state index contributed by atoms with van der Waals surface area (Å²) in [6.07, 6.45) is 5.15. The van der Waals surface area contributed by atoms with Crippen molar-refractivity contribution < 1.29 is 4.42 Å². The summed E-state index contributed by atoms with van der Waals surface area (Å²) in [5, 5.41) is 0. The molecule has 122 valence electrons. The molecular weight excluding hydrogens is 292 g/mol. The Kier molecular flexibility index (Phi) is 3.97. The van der Waals surface area contributed by atoms with E-state index < -0.39 is 0 Å². The Labute approximate surface area is 135 Å². The van der Waals surface area contributed by atoms with Crippen LogP contribution in [0, 0.1) is 6.92 Å². The first-order chi connectivity index (χ1) is 11.3. The highest BCUT2D eigenvalue weighted by molar-refractivity contribution is 5.29. The van der Waals surface area contributed by atoms with Crippen molar-refractivity contribution in [3.8, 4) is 0 Å². The number of piperazine rings is 1. The summed E-state index contributed by atoms with van der Waals surface area (Å²) >= 11 is 0. The van der Waals surface area contributed by atoms with Crippen molar-refractivity contribution in [2.75, 3.05) is 44.2 Å². The van der Waals surface area contributed by atoms with Crippen LogP contribution in [-0.2, 0) is 6.54 Å². The van der Waals surface area contributed by atoms with Crippen LogP contribution in [0.15, 0.2) is 29.3 Å². The molecule has 0 aliphatic carbocycles. The Balaban J connectivity index is 1.24. The maximum absolute atomic E-state index is 5.27. The van der Waals surface area contributed by atoms with Gasteiger partial charge in [-0.15, -0.1) is 0 Å². The lowest BCUT2D eigenvalue weighted by Crippen LogP contribution is -2.62. The molecule has 0 bridgehead atoms. The standard InChI is InChI=1S/C16H22N6O/c1-13-15(19-12-23-13)11-20-9-14(10-20)21-5-7-22(8-6-21)16-17-3-2-4-18-16/h2-4,12,14H,5-11H2,1H3. The quantitative estimate of drug-likeness (QED) is 0.826. The van der Waals surface area contributed by atoms with Gasteiger partial charge in [0.2, 0.25) is 5.95 Å². The second-order valence-electron chi connectivity index (χ2n) is 6.27. The number of hydrogen-bond donors (Lipinski definition) is 0. The third kappa shape index (κ3) is 3.07. The van der Waals surface area contributed by atoms with Crippen LogP contribution in [0.4, 0.5) is 5.95 Å². The van der Waals surface area contributed by atoms with Crippen molar-refractivity contribution in [2.45, 2.75) is 19.5 Å².